The first-order valence-corrected chi connectivity index (χ1v) is 12.9. The van der Waals surface area contributed by atoms with Gasteiger partial charge in [-0.1, -0.05) is 0 Å². The van der Waals surface area contributed by atoms with Crippen molar-refractivity contribution in [2.24, 2.45) is 10.2 Å². The Balaban J connectivity index is 1.25. The lowest BCUT2D eigenvalue weighted by atomic mass is 10.2. The number of aryl methyl sites for hydroxylation is 4. The highest BCUT2D eigenvalue weighted by molar-refractivity contribution is 5.91. The molecule has 0 aliphatic heterocycles. The topological polar surface area (TPSA) is 193 Å². The van der Waals surface area contributed by atoms with E-state index in [1.807, 2.05) is 0 Å². The second-order valence-corrected chi connectivity index (χ2v) is 9.42. The van der Waals surface area contributed by atoms with Crippen molar-refractivity contribution in [3.63, 3.8) is 0 Å². The van der Waals surface area contributed by atoms with E-state index in [1.165, 1.54) is 21.5 Å². The first-order chi connectivity index (χ1) is 20.1. The number of anilines is 2. The molecule has 4 aromatic rings. The van der Waals surface area contributed by atoms with Gasteiger partial charge in [0.15, 0.2) is 0 Å². The largest absolute Gasteiger partial charge is 0.328 e. The number of azo groups is 1. The minimum atomic E-state index is -0.569. The zero-order valence-electron chi connectivity index (χ0n) is 22.8. The van der Waals surface area contributed by atoms with Crippen molar-refractivity contribution in [1.82, 2.24) is 19.1 Å². The fourth-order valence-electron chi connectivity index (χ4n) is 3.80. The minimum Gasteiger partial charge on any atom is -0.326 e. The molecule has 42 heavy (non-hydrogen) atoms. The molecular formula is C28H28N8O6. The molecule has 0 bridgehead atoms. The fraction of sp³-hybridized carbons (Fsp3) is 0.214. The maximum atomic E-state index is 12.3. The van der Waals surface area contributed by atoms with E-state index in [9.17, 15) is 28.8 Å². The van der Waals surface area contributed by atoms with Gasteiger partial charge < -0.3 is 10.6 Å². The predicted molar refractivity (Wildman–Crippen MR) is 156 cm³/mol. The third kappa shape index (κ3) is 7.94. The van der Waals surface area contributed by atoms with Crippen LogP contribution in [0.3, 0.4) is 0 Å². The van der Waals surface area contributed by atoms with Crippen molar-refractivity contribution in [2.75, 3.05) is 10.6 Å². The van der Waals surface area contributed by atoms with E-state index in [1.54, 1.807) is 62.4 Å². The average molecular weight is 573 g/mol. The summed E-state index contributed by atoms with van der Waals surface area (Å²) in [5, 5.41) is 13.8. The number of hydrogen-bond acceptors (Lipinski definition) is 8. The van der Waals surface area contributed by atoms with Gasteiger partial charge in [-0.2, -0.15) is 10.2 Å². The summed E-state index contributed by atoms with van der Waals surface area (Å²) >= 11 is 0. The molecule has 0 saturated heterocycles. The number of amides is 2. The number of H-pyrrole nitrogens is 2. The van der Waals surface area contributed by atoms with Gasteiger partial charge in [-0.15, -0.1) is 0 Å². The van der Waals surface area contributed by atoms with E-state index in [4.69, 9.17) is 0 Å². The molecule has 4 rings (SSSR count). The van der Waals surface area contributed by atoms with Crippen LogP contribution in [0, 0.1) is 13.8 Å². The molecule has 14 heteroatoms. The molecule has 0 radical (unpaired) electrons. The molecule has 2 aromatic heterocycles. The van der Waals surface area contributed by atoms with Crippen molar-refractivity contribution in [1.29, 1.82) is 0 Å². The van der Waals surface area contributed by atoms with Gasteiger partial charge in [-0.3, -0.25) is 38.3 Å². The van der Waals surface area contributed by atoms with Crippen LogP contribution < -0.4 is 33.1 Å². The lowest BCUT2D eigenvalue weighted by Gasteiger charge is -2.08. The number of hydrogen-bond donors (Lipinski definition) is 4. The number of nitrogens with one attached hydrogen (secondary N) is 4. The summed E-state index contributed by atoms with van der Waals surface area (Å²) in [6.45, 7) is 3.40. The molecule has 2 heterocycles. The lowest BCUT2D eigenvalue weighted by Crippen LogP contribution is -2.31. The second kappa shape index (κ2) is 13.1. The van der Waals surface area contributed by atoms with Gasteiger partial charge in [-0.25, -0.2) is 9.59 Å². The summed E-state index contributed by atoms with van der Waals surface area (Å²) in [4.78, 5) is 75.6. The standard InChI is InChI=1S/C28H28N8O6/c1-17-15-35(27(41)31-25(17)39)13-11-23(37)29-19-3-7-21(8-4-19)33-34-22-9-5-20(6-10-22)30-24(38)12-14-36-16-18(2)26(40)32-28(36)42/h3-10,15-16H,11-14H2,1-2H3,(H,29,37)(H,30,38)(H,31,39,41)(H,32,40,42)/b34-33+. The fourth-order valence-corrected chi connectivity index (χ4v) is 3.80. The number of rotatable bonds is 10. The normalized spacial score (nSPS) is 11.0. The number of carbonyl (C=O) groups is 2. The maximum Gasteiger partial charge on any atom is 0.328 e. The molecule has 0 spiro atoms. The summed E-state index contributed by atoms with van der Waals surface area (Å²) < 4.78 is 2.56. The molecule has 2 aromatic carbocycles. The zero-order valence-corrected chi connectivity index (χ0v) is 22.8. The van der Waals surface area contributed by atoms with Gasteiger partial charge in [0, 0.05) is 60.8 Å². The predicted octanol–water partition coefficient (Wildman–Crippen LogP) is 2.48. The lowest BCUT2D eigenvalue weighted by molar-refractivity contribution is -0.117. The Morgan fingerprint density at radius 3 is 1.36 bits per heavy atom. The number of aromatic amines is 2. The van der Waals surface area contributed by atoms with E-state index < -0.39 is 22.5 Å². The minimum absolute atomic E-state index is 0.0398. The molecule has 0 aliphatic carbocycles. The Hall–Kier alpha value is -5.66. The first kappa shape index (κ1) is 29.3. The highest BCUT2D eigenvalue weighted by Crippen LogP contribution is 2.22. The van der Waals surface area contributed by atoms with Crippen LogP contribution in [0.15, 0.2) is 90.3 Å². The zero-order chi connectivity index (χ0) is 30.2. The molecular weight excluding hydrogens is 544 g/mol. The maximum absolute atomic E-state index is 12.3. The van der Waals surface area contributed by atoms with Crippen molar-refractivity contribution >= 4 is 34.6 Å². The van der Waals surface area contributed by atoms with Gasteiger partial charge in [0.25, 0.3) is 11.1 Å². The van der Waals surface area contributed by atoms with Crippen LogP contribution in [0.4, 0.5) is 22.7 Å². The van der Waals surface area contributed by atoms with E-state index in [2.05, 4.69) is 30.8 Å². The highest BCUT2D eigenvalue weighted by Gasteiger charge is 2.08. The van der Waals surface area contributed by atoms with Gasteiger partial charge in [0.05, 0.1) is 11.4 Å². The third-order valence-electron chi connectivity index (χ3n) is 6.12. The molecule has 0 atom stereocenters. The molecule has 216 valence electrons. The number of aromatic nitrogens is 4. The van der Waals surface area contributed by atoms with Crippen molar-refractivity contribution in [3.05, 3.63) is 114 Å². The van der Waals surface area contributed by atoms with Crippen molar-refractivity contribution in [3.8, 4) is 0 Å². The van der Waals surface area contributed by atoms with Crippen LogP contribution in [-0.4, -0.2) is 30.9 Å². The monoisotopic (exact) mass is 572 g/mol. The number of nitrogens with zero attached hydrogens (tertiary/aromatic N) is 4. The van der Waals surface area contributed by atoms with E-state index in [0.29, 0.717) is 33.9 Å². The molecule has 2 amide bonds. The van der Waals surface area contributed by atoms with Gasteiger partial charge in [0.2, 0.25) is 11.8 Å². The summed E-state index contributed by atoms with van der Waals surface area (Å²) in [6.07, 6.45) is 2.92. The highest BCUT2D eigenvalue weighted by atomic mass is 16.2. The Morgan fingerprint density at radius 2 is 1.00 bits per heavy atom. The van der Waals surface area contributed by atoms with Crippen LogP contribution in [0.25, 0.3) is 0 Å². The van der Waals surface area contributed by atoms with Gasteiger partial charge in [-0.05, 0) is 62.4 Å². The summed E-state index contributed by atoms with van der Waals surface area (Å²) in [6, 6.07) is 13.4. The molecule has 0 aliphatic rings. The van der Waals surface area contributed by atoms with Gasteiger partial charge in [0.1, 0.15) is 0 Å². The summed E-state index contributed by atoms with van der Waals surface area (Å²) in [5.74, 6) is -0.597. The van der Waals surface area contributed by atoms with Crippen molar-refractivity contribution < 1.29 is 9.59 Å². The average Bonchev–Trinajstić information content (AvgIpc) is 2.96. The van der Waals surface area contributed by atoms with Crippen LogP contribution in [0.2, 0.25) is 0 Å². The van der Waals surface area contributed by atoms with Crippen LogP contribution >= 0.6 is 0 Å². The van der Waals surface area contributed by atoms with E-state index in [-0.39, 0.29) is 37.7 Å². The smallest absolute Gasteiger partial charge is 0.326 e. The number of carbonyl (C=O) groups excluding carboxylic acids is 2. The summed E-state index contributed by atoms with van der Waals surface area (Å²) in [5.41, 5.74) is 0.913. The molecule has 14 nitrogen and oxygen atoms in total. The molecule has 4 N–H and O–H groups in total. The van der Waals surface area contributed by atoms with Gasteiger partial charge >= 0.3 is 11.4 Å². The first-order valence-electron chi connectivity index (χ1n) is 12.9. The number of benzene rings is 2. The Labute approximate surface area is 237 Å². The van der Waals surface area contributed by atoms with E-state index in [0.717, 1.165) is 0 Å². The third-order valence-corrected chi connectivity index (χ3v) is 6.12. The Morgan fingerprint density at radius 1 is 0.643 bits per heavy atom. The van der Waals surface area contributed by atoms with Crippen LogP contribution in [0.1, 0.15) is 24.0 Å². The molecule has 0 unspecified atom stereocenters. The molecule has 0 fully saturated rings. The Bertz CT molecular complexity index is 1730. The van der Waals surface area contributed by atoms with Crippen LogP contribution in [-0.2, 0) is 22.7 Å². The van der Waals surface area contributed by atoms with E-state index >= 15 is 0 Å². The molecule has 0 saturated carbocycles. The van der Waals surface area contributed by atoms with Crippen molar-refractivity contribution in [2.45, 2.75) is 39.8 Å². The quantitative estimate of drug-likeness (QED) is 0.211. The Kier molecular flexibility index (Phi) is 9.17. The SMILES string of the molecule is Cc1cn(CCC(=O)Nc2ccc(/N=N/c3ccc(NC(=O)CCn4cc(C)c(=O)[nH]c4=O)cc3)cc2)c(=O)[nH]c1=O. The van der Waals surface area contributed by atoms with Crippen LogP contribution in [0.5, 0.6) is 0 Å². The summed E-state index contributed by atoms with van der Waals surface area (Å²) in [7, 11) is 0. The second-order valence-electron chi connectivity index (χ2n) is 9.42.